The Morgan fingerprint density at radius 2 is 1.85 bits per heavy atom. The van der Waals surface area contributed by atoms with E-state index in [1.54, 1.807) is 18.2 Å². The van der Waals surface area contributed by atoms with Crippen molar-refractivity contribution in [1.82, 2.24) is 0 Å². The first kappa shape index (κ1) is 15.4. The predicted octanol–water partition coefficient (Wildman–Crippen LogP) is 4.63. The van der Waals surface area contributed by atoms with Crippen molar-refractivity contribution >= 4 is 60.7 Å². The lowest BCUT2D eigenvalue weighted by Crippen LogP contribution is -2.16. The minimum absolute atomic E-state index is 0.137. The summed E-state index contributed by atoms with van der Waals surface area (Å²) < 4.78 is 1.58. The van der Waals surface area contributed by atoms with E-state index in [-0.39, 0.29) is 12.3 Å². The highest BCUT2D eigenvalue weighted by Crippen LogP contribution is 2.32. The molecule has 20 heavy (non-hydrogen) atoms. The van der Waals surface area contributed by atoms with Crippen LogP contribution < -0.4 is 11.1 Å². The molecule has 0 aromatic heterocycles. The highest BCUT2D eigenvalue weighted by molar-refractivity contribution is 9.11. The van der Waals surface area contributed by atoms with Gasteiger partial charge in [-0.3, -0.25) is 4.79 Å². The second-order valence-corrected chi connectivity index (χ2v) is 6.41. The quantitative estimate of drug-likeness (QED) is 0.714. The molecule has 6 heteroatoms. The molecule has 0 aliphatic rings. The maximum absolute atomic E-state index is 12.0. The van der Waals surface area contributed by atoms with Gasteiger partial charge >= 0.3 is 0 Å². The van der Waals surface area contributed by atoms with E-state index in [0.717, 1.165) is 14.5 Å². The van der Waals surface area contributed by atoms with Crippen molar-refractivity contribution in [3.05, 3.63) is 55.9 Å². The largest absolute Gasteiger partial charge is 0.397 e. The average molecular weight is 419 g/mol. The molecule has 3 nitrogen and oxygen atoms in total. The summed E-state index contributed by atoms with van der Waals surface area (Å²) in [6, 6.07) is 10.7. The van der Waals surface area contributed by atoms with Crippen molar-refractivity contribution in [1.29, 1.82) is 0 Å². The van der Waals surface area contributed by atoms with Crippen molar-refractivity contribution in [3.63, 3.8) is 0 Å². The molecule has 0 atom stereocenters. The van der Waals surface area contributed by atoms with Gasteiger partial charge in [0.25, 0.3) is 0 Å². The Labute approximate surface area is 138 Å². The van der Waals surface area contributed by atoms with E-state index in [1.165, 1.54) is 0 Å². The summed E-state index contributed by atoms with van der Waals surface area (Å²) >= 11 is 12.5. The number of hydrogen-bond acceptors (Lipinski definition) is 2. The van der Waals surface area contributed by atoms with Gasteiger partial charge in [-0.1, -0.05) is 39.7 Å². The fourth-order valence-electron chi connectivity index (χ4n) is 1.70. The molecule has 2 aromatic carbocycles. The van der Waals surface area contributed by atoms with Gasteiger partial charge in [-0.2, -0.15) is 0 Å². The number of nitrogens with two attached hydrogens (primary N) is 1. The third-order valence-electron chi connectivity index (χ3n) is 2.63. The Kier molecular flexibility index (Phi) is 5.07. The van der Waals surface area contributed by atoms with Crippen molar-refractivity contribution in [2.75, 3.05) is 11.1 Å². The highest BCUT2D eigenvalue weighted by atomic mass is 79.9. The van der Waals surface area contributed by atoms with Gasteiger partial charge in [0, 0.05) is 14.0 Å². The molecular formula is C14H11Br2ClN2O. The van der Waals surface area contributed by atoms with Crippen LogP contribution in [0, 0.1) is 0 Å². The number of anilines is 2. The van der Waals surface area contributed by atoms with Crippen LogP contribution in [-0.4, -0.2) is 5.91 Å². The fraction of sp³-hybridized carbons (Fsp3) is 0.0714. The summed E-state index contributed by atoms with van der Waals surface area (Å²) in [7, 11) is 0. The summed E-state index contributed by atoms with van der Waals surface area (Å²) in [5, 5.41) is 3.45. The average Bonchev–Trinajstić information content (AvgIpc) is 2.36. The molecule has 2 rings (SSSR count). The van der Waals surface area contributed by atoms with Crippen LogP contribution in [0.25, 0.3) is 0 Å². The van der Waals surface area contributed by atoms with Gasteiger partial charge in [0.05, 0.1) is 17.8 Å². The first-order valence-corrected chi connectivity index (χ1v) is 7.71. The van der Waals surface area contributed by atoms with E-state index in [2.05, 4.69) is 37.2 Å². The van der Waals surface area contributed by atoms with Gasteiger partial charge in [0.2, 0.25) is 5.91 Å². The number of carbonyl (C=O) groups is 1. The van der Waals surface area contributed by atoms with Gasteiger partial charge in [0.1, 0.15) is 0 Å². The van der Waals surface area contributed by atoms with E-state index in [0.29, 0.717) is 16.4 Å². The molecule has 3 N–H and O–H groups in total. The van der Waals surface area contributed by atoms with Crippen molar-refractivity contribution < 1.29 is 4.79 Å². The van der Waals surface area contributed by atoms with Gasteiger partial charge in [-0.05, 0) is 45.8 Å². The molecule has 0 aliphatic carbocycles. The van der Waals surface area contributed by atoms with Crippen LogP contribution in [0.15, 0.2) is 45.3 Å². The molecule has 0 spiro atoms. The first-order valence-electron chi connectivity index (χ1n) is 5.74. The Morgan fingerprint density at radius 3 is 2.45 bits per heavy atom. The van der Waals surface area contributed by atoms with Gasteiger partial charge < -0.3 is 11.1 Å². The second kappa shape index (κ2) is 6.61. The Bertz CT molecular complexity index is 621. The number of nitrogens with one attached hydrogen (secondary N) is 1. The van der Waals surface area contributed by atoms with Crippen LogP contribution in [0.5, 0.6) is 0 Å². The van der Waals surface area contributed by atoms with Crippen LogP contribution in [0.1, 0.15) is 5.56 Å². The van der Waals surface area contributed by atoms with Crippen LogP contribution in [-0.2, 0) is 11.2 Å². The van der Waals surface area contributed by atoms with Gasteiger partial charge in [-0.25, -0.2) is 0 Å². The molecule has 0 saturated heterocycles. The Balaban J connectivity index is 2.10. The van der Waals surface area contributed by atoms with E-state index in [1.807, 2.05) is 18.2 Å². The maximum Gasteiger partial charge on any atom is 0.228 e. The number of halogens is 3. The molecule has 0 unspecified atom stereocenters. The SMILES string of the molecule is Nc1cc(Br)cc(Br)c1NC(=O)Cc1ccc(Cl)cc1. The Hall–Kier alpha value is -1.04. The van der Waals surface area contributed by atoms with Gasteiger partial charge in [-0.15, -0.1) is 0 Å². The van der Waals surface area contributed by atoms with Crippen molar-refractivity contribution in [3.8, 4) is 0 Å². The third-order valence-corrected chi connectivity index (χ3v) is 3.96. The molecule has 2 aromatic rings. The number of nitrogen functional groups attached to an aromatic ring is 1. The van der Waals surface area contributed by atoms with E-state index in [9.17, 15) is 4.79 Å². The molecule has 104 valence electrons. The molecule has 0 radical (unpaired) electrons. The standard InChI is InChI=1S/C14H11Br2ClN2O/c15-9-6-11(16)14(12(18)7-9)19-13(20)5-8-1-3-10(17)4-2-8/h1-4,6-7H,5,18H2,(H,19,20). The third kappa shape index (κ3) is 3.98. The minimum Gasteiger partial charge on any atom is -0.397 e. The summed E-state index contributed by atoms with van der Waals surface area (Å²) in [6.45, 7) is 0. The predicted molar refractivity (Wildman–Crippen MR) is 90.0 cm³/mol. The molecule has 0 heterocycles. The van der Waals surface area contributed by atoms with Crippen LogP contribution in [0.3, 0.4) is 0 Å². The van der Waals surface area contributed by atoms with Crippen LogP contribution in [0.2, 0.25) is 5.02 Å². The molecule has 0 aliphatic heterocycles. The zero-order valence-electron chi connectivity index (χ0n) is 10.3. The molecule has 1 amide bonds. The first-order chi connectivity index (χ1) is 9.45. The number of carbonyl (C=O) groups excluding carboxylic acids is 1. The summed E-state index contributed by atoms with van der Waals surface area (Å²) in [6.07, 6.45) is 0.263. The normalized spacial score (nSPS) is 10.3. The molecule has 0 bridgehead atoms. The highest BCUT2D eigenvalue weighted by Gasteiger charge is 2.10. The van der Waals surface area contributed by atoms with Crippen LogP contribution in [0.4, 0.5) is 11.4 Å². The lowest BCUT2D eigenvalue weighted by molar-refractivity contribution is -0.115. The topological polar surface area (TPSA) is 55.1 Å². The Morgan fingerprint density at radius 1 is 1.20 bits per heavy atom. The smallest absolute Gasteiger partial charge is 0.228 e. The zero-order valence-corrected chi connectivity index (χ0v) is 14.2. The summed E-state index contributed by atoms with van der Waals surface area (Å²) in [5.41, 5.74) is 7.85. The molecule has 0 fully saturated rings. The molecule has 0 saturated carbocycles. The van der Waals surface area contributed by atoms with E-state index < -0.39 is 0 Å². The molecular weight excluding hydrogens is 407 g/mol. The van der Waals surface area contributed by atoms with E-state index in [4.69, 9.17) is 17.3 Å². The number of hydrogen-bond donors (Lipinski definition) is 2. The second-order valence-electron chi connectivity index (χ2n) is 4.20. The monoisotopic (exact) mass is 416 g/mol. The van der Waals surface area contributed by atoms with E-state index >= 15 is 0 Å². The summed E-state index contributed by atoms with van der Waals surface area (Å²) in [4.78, 5) is 12.0. The number of rotatable bonds is 3. The van der Waals surface area contributed by atoms with Gasteiger partial charge in [0.15, 0.2) is 0 Å². The van der Waals surface area contributed by atoms with Crippen molar-refractivity contribution in [2.24, 2.45) is 0 Å². The number of benzene rings is 2. The summed E-state index contributed by atoms with van der Waals surface area (Å²) in [5.74, 6) is -0.137. The maximum atomic E-state index is 12.0. The lowest BCUT2D eigenvalue weighted by Gasteiger charge is -2.11. The minimum atomic E-state index is -0.137. The fourth-order valence-corrected chi connectivity index (χ4v) is 3.18. The van der Waals surface area contributed by atoms with Crippen LogP contribution >= 0.6 is 43.5 Å². The zero-order chi connectivity index (χ0) is 14.7. The van der Waals surface area contributed by atoms with Crippen molar-refractivity contribution in [2.45, 2.75) is 6.42 Å². The lowest BCUT2D eigenvalue weighted by atomic mass is 10.1. The number of amides is 1.